The van der Waals surface area contributed by atoms with E-state index in [0.717, 1.165) is 42.0 Å². The first-order chi connectivity index (χ1) is 13.6. The third-order valence-electron chi connectivity index (χ3n) is 5.42. The summed E-state index contributed by atoms with van der Waals surface area (Å²) < 4.78 is 1.08. The third kappa shape index (κ3) is 3.98. The molecule has 1 unspecified atom stereocenters. The van der Waals surface area contributed by atoms with Crippen molar-refractivity contribution in [1.82, 2.24) is 20.1 Å². The fourth-order valence-corrected chi connectivity index (χ4v) is 4.50. The number of amides is 1. The first kappa shape index (κ1) is 18.8. The predicted octanol–water partition coefficient (Wildman–Crippen LogP) is 3.01. The van der Waals surface area contributed by atoms with Gasteiger partial charge in [0, 0.05) is 32.4 Å². The van der Waals surface area contributed by atoms with Gasteiger partial charge in [-0.05, 0) is 44.0 Å². The highest BCUT2D eigenvalue weighted by atomic mass is 32.1. The Morgan fingerprint density at radius 1 is 1.25 bits per heavy atom. The number of carbonyl (C=O) groups excluding carboxylic acids is 1. The summed E-state index contributed by atoms with van der Waals surface area (Å²) in [5.74, 6) is 0.891. The van der Waals surface area contributed by atoms with Gasteiger partial charge >= 0.3 is 0 Å². The number of para-hydroxylation sites is 1. The monoisotopic (exact) mass is 396 g/mol. The van der Waals surface area contributed by atoms with Crippen LogP contribution < -0.4 is 10.2 Å². The SMILES string of the molecule is CC(C(=O)Nc1nc2ccccc2s1)N1CCC(N(C)c2cccnn2)CC1. The first-order valence-electron chi connectivity index (χ1n) is 9.53. The summed E-state index contributed by atoms with van der Waals surface area (Å²) in [5, 5.41) is 11.8. The number of fused-ring (bicyclic) bond motifs is 1. The Morgan fingerprint density at radius 2 is 2.04 bits per heavy atom. The number of nitrogens with one attached hydrogen (secondary N) is 1. The lowest BCUT2D eigenvalue weighted by atomic mass is 10.0. The van der Waals surface area contributed by atoms with E-state index in [1.165, 1.54) is 11.3 Å². The van der Waals surface area contributed by atoms with Crippen LogP contribution in [0.5, 0.6) is 0 Å². The number of rotatable bonds is 5. The Balaban J connectivity index is 1.33. The van der Waals surface area contributed by atoms with Gasteiger partial charge in [-0.2, -0.15) is 5.10 Å². The Labute approximate surface area is 168 Å². The lowest BCUT2D eigenvalue weighted by Gasteiger charge is -2.39. The maximum atomic E-state index is 12.7. The molecule has 0 saturated carbocycles. The molecule has 1 aromatic carbocycles. The minimum atomic E-state index is -0.185. The maximum absolute atomic E-state index is 12.7. The molecule has 0 spiro atoms. The molecule has 4 rings (SSSR count). The molecule has 0 radical (unpaired) electrons. The quantitative estimate of drug-likeness (QED) is 0.715. The number of thiazole rings is 1. The highest BCUT2D eigenvalue weighted by molar-refractivity contribution is 7.22. The van der Waals surface area contributed by atoms with Crippen molar-refractivity contribution in [1.29, 1.82) is 0 Å². The number of likely N-dealkylation sites (tertiary alicyclic amines) is 1. The standard InChI is InChI=1S/C20H24N6OS/c1-14(19(27)23-20-22-16-6-3-4-7-17(16)28-20)26-12-9-15(10-13-26)25(2)18-8-5-11-21-24-18/h3-8,11,14-15H,9-10,12-13H2,1-2H3,(H,22,23,27). The number of piperidine rings is 1. The van der Waals surface area contributed by atoms with E-state index in [9.17, 15) is 4.79 Å². The molecule has 1 aliphatic heterocycles. The van der Waals surface area contributed by atoms with E-state index in [-0.39, 0.29) is 11.9 Å². The second-order valence-corrected chi connectivity index (χ2v) is 8.14. The van der Waals surface area contributed by atoms with Crippen LogP contribution in [-0.4, -0.2) is 58.2 Å². The van der Waals surface area contributed by atoms with Gasteiger partial charge in [-0.3, -0.25) is 9.69 Å². The summed E-state index contributed by atoms with van der Waals surface area (Å²) in [6.07, 6.45) is 3.67. The number of nitrogens with zero attached hydrogens (tertiary/aromatic N) is 5. The molecule has 1 amide bonds. The van der Waals surface area contributed by atoms with Crippen molar-refractivity contribution in [2.24, 2.45) is 0 Å². The van der Waals surface area contributed by atoms with Crippen LogP contribution in [0.3, 0.4) is 0 Å². The number of carbonyl (C=O) groups is 1. The van der Waals surface area contributed by atoms with Gasteiger partial charge in [-0.1, -0.05) is 23.5 Å². The molecule has 1 N–H and O–H groups in total. The minimum Gasteiger partial charge on any atom is -0.355 e. The van der Waals surface area contributed by atoms with E-state index >= 15 is 0 Å². The van der Waals surface area contributed by atoms with E-state index < -0.39 is 0 Å². The zero-order valence-corrected chi connectivity index (χ0v) is 16.9. The van der Waals surface area contributed by atoms with E-state index in [4.69, 9.17) is 0 Å². The minimum absolute atomic E-state index is 0.000197. The van der Waals surface area contributed by atoms with Gasteiger partial charge in [-0.15, -0.1) is 5.10 Å². The Morgan fingerprint density at radius 3 is 2.75 bits per heavy atom. The van der Waals surface area contributed by atoms with Crippen molar-refractivity contribution < 1.29 is 4.79 Å². The van der Waals surface area contributed by atoms with E-state index in [2.05, 4.69) is 37.3 Å². The normalized spacial score (nSPS) is 16.8. The van der Waals surface area contributed by atoms with Crippen LogP contribution in [0, 0.1) is 0 Å². The van der Waals surface area contributed by atoms with Crippen LogP contribution in [0.2, 0.25) is 0 Å². The maximum Gasteiger partial charge on any atom is 0.243 e. The summed E-state index contributed by atoms with van der Waals surface area (Å²) in [7, 11) is 2.06. The fourth-order valence-electron chi connectivity index (χ4n) is 3.63. The van der Waals surface area contributed by atoms with Gasteiger partial charge in [0.1, 0.15) is 0 Å². The molecular weight excluding hydrogens is 372 g/mol. The molecule has 1 fully saturated rings. The second kappa shape index (κ2) is 8.20. The summed E-state index contributed by atoms with van der Waals surface area (Å²) >= 11 is 1.51. The van der Waals surface area contributed by atoms with Crippen LogP contribution in [0.25, 0.3) is 10.2 Å². The highest BCUT2D eigenvalue weighted by Crippen LogP contribution is 2.26. The smallest absolute Gasteiger partial charge is 0.243 e. The van der Waals surface area contributed by atoms with Crippen molar-refractivity contribution in [2.75, 3.05) is 30.4 Å². The molecule has 8 heteroatoms. The van der Waals surface area contributed by atoms with Crippen molar-refractivity contribution in [3.05, 3.63) is 42.6 Å². The fraction of sp³-hybridized carbons (Fsp3) is 0.400. The van der Waals surface area contributed by atoms with Crippen molar-refractivity contribution in [2.45, 2.75) is 31.8 Å². The number of benzene rings is 1. The van der Waals surface area contributed by atoms with Gasteiger partial charge in [0.15, 0.2) is 10.9 Å². The number of anilines is 2. The Hall–Kier alpha value is -2.58. The summed E-state index contributed by atoms with van der Waals surface area (Å²) in [5.41, 5.74) is 0.920. The van der Waals surface area contributed by atoms with Crippen molar-refractivity contribution >= 4 is 38.4 Å². The molecule has 0 bridgehead atoms. The van der Waals surface area contributed by atoms with E-state index in [1.54, 1.807) is 6.20 Å². The summed E-state index contributed by atoms with van der Waals surface area (Å²) in [4.78, 5) is 21.6. The summed E-state index contributed by atoms with van der Waals surface area (Å²) in [6, 6.07) is 12.0. The van der Waals surface area contributed by atoms with Gasteiger partial charge in [0.25, 0.3) is 0 Å². The number of aromatic nitrogens is 3. The molecule has 146 valence electrons. The number of hydrogen-bond donors (Lipinski definition) is 1. The molecule has 3 aromatic rings. The van der Waals surface area contributed by atoms with Crippen molar-refractivity contribution in [3.63, 3.8) is 0 Å². The van der Waals surface area contributed by atoms with E-state index in [1.807, 2.05) is 43.3 Å². The summed E-state index contributed by atoms with van der Waals surface area (Å²) in [6.45, 7) is 3.72. The first-order valence-corrected chi connectivity index (χ1v) is 10.3. The van der Waals surface area contributed by atoms with Gasteiger partial charge in [-0.25, -0.2) is 4.98 Å². The Bertz CT molecular complexity index is 905. The van der Waals surface area contributed by atoms with Gasteiger partial charge < -0.3 is 10.2 Å². The molecule has 1 saturated heterocycles. The third-order valence-corrected chi connectivity index (χ3v) is 6.37. The molecular formula is C20H24N6OS. The van der Waals surface area contributed by atoms with Crippen LogP contribution in [0.15, 0.2) is 42.6 Å². The molecule has 1 atom stereocenters. The van der Waals surface area contributed by atoms with Crippen LogP contribution in [-0.2, 0) is 4.79 Å². The topological polar surface area (TPSA) is 74.2 Å². The predicted molar refractivity (Wildman–Crippen MR) is 113 cm³/mol. The lowest BCUT2D eigenvalue weighted by molar-refractivity contribution is -0.121. The lowest BCUT2D eigenvalue weighted by Crippen LogP contribution is -2.50. The second-order valence-electron chi connectivity index (χ2n) is 7.11. The highest BCUT2D eigenvalue weighted by Gasteiger charge is 2.29. The molecule has 7 nitrogen and oxygen atoms in total. The van der Waals surface area contributed by atoms with Gasteiger partial charge in [0.2, 0.25) is 5.91 Å². The zero-order chi connectivity index (χ0) is 19.5. The van der Waals surface area contributed by atoms with Gasteiger partial charge in [0.05, 0.1) is 16.3 Å². The molecule has 2 aromatic heterocycles. The average Bonchev–Trinajstić information content (AvgIpc) is 3.15. The van der Waals surface area contributed by atoms with Crippen LogP contribution >= 0.6 is 11.3 Å². The molecule has 3 heterocycles. The van der Waals surface area contributed by atoms with Crippen molar-refractivity contribution in [3.8, 4) is 0 Å². The molecule has 28 heavy (non-hydrogen) atoms. The number of hydrogen-bond acceptors (Lipinski definition) is 7. The van der Waals surface area contributed by atoms with Crippen LogP contribution in [0.1, 0.15) is 19.8 Å². The largest absolute Gasteiger partial charge is 0.355 e. The zero-order valence-electron chi connectivity index (χ0n) is 16.1. The average molecular weight is 397 g/mol. The van der Waals surface area contributed by atoms with E-state index in [0.29, 0.717) is 11.2 Å². The molecule has 1 aliphatic rings. The Kier molecular flexibility index (Phi) is 5.50. The van der Waals surface area contributed by atoms with Crippen LogP contribution in [0.4, 0.5) is 10.9 Å². The molecule has 0 aliphatic carbocycles.